The number of imidazole rings is 2. The molecule has 0 atom stereocenters. The molecule has 0 aliphatic carbocycles. The van der Waals surface area contributed by atoms with Gasteiger partial charge >= 0.3 is 0 Å². The van der Waals surface area contributed by atoms with Gasteiger partial charge in [-0.2, -0.15) is 0 Å². The SMILES string of the molecule is c1ccc(-c2ccc(-c3ccccc3)c(-c3ccccc3-c3nc4ccccc4n3-c3ccccc3)c2-c2ccccc2-c2nc3ccccc3n2-c2ccccc2)cc1. The van der Waals surface area contributed by atoms with Crippen LogP contribution in [-0.4, -0.2) is 19.1 Å². The fraction of sp³-hybridized carbons (Fsp3) is 0. The van der Waals surface area contributed by atoms with Crippen LogP contribution in [0.2, 0.25) is 0 Å². The third-order valence-corrected chi connectivity index (χ3v) is 11.4. The van der Waals surface area contributed by atoms with E-state index in [1.54, 1.807) is 0 Å². The van der Waals surface area contributed by atoms with E-state index in [0.29, 0.717) is 0 Å². The van der Waals surface area contributed by atoms with Crippen LogP contribution in [0.4, 0.5) is 0 Å². The molecule has 0 N–H and O–H groups in total. The lowest BCUT2D eigenvalue weighted by molar-refractivity contribution is 1.10. The monoisotopic (exact) mass is 766 g/mol. The lowest BCUT2D eigenvalue weighted by atomic mass is 9.80. The molecule has 0 radical (unpaired) electrons. The highest BCUT2D eigenvalue weighted by Crippen LogP contribution is 2.50. The zero-order valence-electron chi connectivity index (χ0n) is 32.7. The van der Waals surface area contributed by atoms with Gasteiger partial charge in [-0.1, -0.05) is 182 Å². The van der Waals surface area contributed by atoms with Crippen molar-refractivity contribution in [2.45, 2.75) is 0 Å². The van der Waals surface area contributed by atoms with E-state index in [2.05, 4.69) is 240 Å². The zero-order chi connectivity index (χ0) is 39.8. The largest absolute Gasteiger partial charge is 0.292 e. The molecular formula is C56H38N4. The Morgan fingerprint density at radius 2 is 0.567 bits per heavy atom. The van der Waals surface area contributed by atoms with Gasteiger partial charge in [0, 0.05) is 22.5 Å². The first kappa shape index (κ1) is 35.1. The Balaban J connectivity index is 1.28. The highest BCUT2D eigenvalue weighted by molar-refractivity contribution is 6.07. The Labute approximate surface area is 349 Å². The van der Waals surface area contributed by atoms with E-state index in [9.17, 15) is 0 Å². The smallest absolute Gasteiger partial charge is 0.146 e. The van der Waals surface area contributed by atoms with E-state index in [1.165, 1.54) is 0 Å². The summed E-state index contributed by atoms with van der Waals surface area (Å²) in [5.74, 6) is 1.76. The summed E-state index contributed by atoms with van der Waals surface area (Å²) in [4.78, 5) is 10.8. The molecular weight excluding hydrogens is 729 g/mol. The number of hydrogen-bond donors (Lipinski definition) is 0. The molecule has 9 aromatic carbocycles. The van der Waals surface area contributed by atoms with Gasteiger partial charge in [0.25, 0.3) is 0 Å². The quantitative estimate of drug-likeness (QED) is 0.154. The summed E-state index contributed by atoms with van der Waals surface area (Å²) in [7, 11) is 0. The summed E-state index contributed by atoms with van der Waals surface area (Å²) < 4.78 is 4.60. The molecule has 0 aliphatic rings. The molecule has 2 aromatic heterocycles. The minimum absolute atomic E-state index is 0.882. The van der Waals surface area contributed by atoms with Gasteiger partial charge in [-0.3, -0.25) is 9.13 Å². The number of benzene rings is 9. The number of fused-ring (bicyclic) bond motifs is 2. The van der Waals surface area contributed by atoms with Crippen molar-refractivity contribution in [3.8, 4) is 78.7 Å². The lowest BCUT2D eigenvalue weighted by Gasteiger charge is -2.24. The third-order valence-electron chi connectivity index (χ3n) is 11.4. The number of hydrogen-bond acceptors (Lipinski definition) is 2. The number of aromatic nitrogens is 4. The molecule has 60 heavy (non-hydrogen) atoms. The van der Waals surface area contributed by atoms with E-state index in [0.717, 1.165) is 101 Å². The summed E-state index contributed by atoms with van der Waals surface area (Å²) in [5.41, 5.74) is 17.1. The van der Waals surface area contributed by atoms with Crippen molar-refractivity contribution in [2.24, 2.45) is 0 Å². The van der Waals surface area contributed by atoms with Crippen molar-refractivity contribution in [1.29, 1.82) is 0 Å². The second kappa shape index (κ2) is 15.0. The van der Waals surface area contributed by atoms with Gasteiger partial charge in [0.2, 0.25) is 0 Å². The maximum absolute atomic E-state index is 5.42. The molecule has 11 aromatic rings. The Hall–Kier alpha value is -8.08. The van der Waals surface area contributed by atoms with Gasteiger partial charge in [0.15, 0.2) is 0 Å². The summed E-state index contributed by atoms with van der Waals surface area (Å²) in [5, 5.41) is 0. The summed E-state index contributed by atoms with van der Waals surface area (Å²) in [6, 6.07) is 81.7. The standard InChI is InChI=1S/C56H38N4/c1-5-21-39(22-6-1)43-37-38-44(40-23-7-2-8-24-40)54(46-30-14-16-32-48(46)56-58-50-34-18-20-36-52(50)60(56)42-27-11-4-12-28-42)53(43)45-29-13-15-31-47(45)55-57-49-33-17-19-35-51(49)59(55)41-25-9-3-10-26-41/h1-38H. The predicted octanol–water partition coefficient (Wildman–Crippen LogP) is 14.4. The summed E-state index contributed by atoms with van der Waals surface area (Å²) in [6.07, 6.45) is 0. The number of rotatable bonds is 8. The predicted molar refractivity (Wildman–Crippen MR) is 248 cm³/mol. The Kier molecular flexibility index (Phi) is 8.79. The Bertz CT molecular complexity index is 3070. The van der Waals surface area contributed by atoms with E-state index in [-0.39, 0.29) is 0 Å². The van der Waals surface area contributed by atoms with Crippen LogP contribution in [0, 0.1) is 0 Å². The van der Waals surface area contributed by atoms with Crippen LogP contribution in [-0.2, 0) is 0 Å². The van der Waals surface area contributed by atoms with Gasteiger partial charge in [-0.25, -0.2) is 9.97 Å². The van der Waals surface area contributed by atoms with Gasteiger partial charge < -0.3 is 0 Å². The first-order valence-electron chi connectivity index (χ1n) is 20.3. The maximum Gasteiger partial charge on any atom is 0.146 e. The molecule has 4 heteroatoms. The Morgan fingerprint density at radius 3 is 0.967 bits per heavy atom. The average molecular weight is 767 g/mol. The first-order valence-corrected chi connectivity index (χ1v) is 20.3. The molecule has 0 amide bonds. The van der Waals surface area contributed by atoms with Gasteiger partial charge in [-0.15, -0.1) is 0 Å². The van der Waals surface area contributed by atoms with E-state index in [4.69, 9.17) is 9.97 Å². The van der Waals surface area contributed by atoms with Gasteiger partial charge in [0.05, 0.1) is 22.1 Å². The van der Waals surface area contributed by atoms with Crippen molar-refractivity contribution >= 4 is 22.1 Å². The molecule has 4 nitrogen and oxygen atoms in total. The highest BCUT2D eigenvalue weighted by atomic mass is 15.1. The van der Waals surface area contributed by atoms with Crippen LogP contribution in [0.1, 0.15) is 0 Å². The van der Waals surface area contributed by atoms with Crippen LogP contribution in [0.15, 0.2) is 231 Å². The second-order valence-electron chi connectivity index (χ2n) is 14.9. The Morgan fingerprint density at radius 1 is 0.250 bits per heavy atom. The molecule has 0 fully saturated rings. The lowest BCUT2D eigenvalue weighted by Crippen LogP contribution is -2.02. The topological polar surface area (TPSA) is 35.6 Å². The van der Waals surface area contributed by atoms with Crippen LogP contribution in [0.5, 0.6) is 0 Å². The van der Waals surface area contributed by atoms with Crippen LogP contribution in [0.25, 0.3) is 101 Å². The molecule has 0 spiro atoms. The minimum atomic E-state index is 0.882. The fourth-order valence-corrected chi connectivity index (χ4v) is 8.76. The van der Waals surface area contributed by atoms with Crippen molar-refractivity contribution in [3.05, 3.63) is 231 Å². The fourth-order valence-electron chi connectivity index (χ4n) is 8.76. The molecule has 0 saturated carbocycles. The number of para-hydroxylation sites is 6. The normalized spacial score (nSPS) is 11.3. The molecule has 0 saturated heterocycles. The second-order valence-corrected chi connectivity index (χ2v) is 14.9. The summed E-state index contributed by atoms with van der Waals surface area (Å²) in [6.45, 7) is 0. The first-order chi connectivity index (χ1) is 29.8. The molecule has 0 aliphatic heterocycles. The van der Waals surface area contributed by atoms with Crippen LogP contribution < -0.4 is 0 Å². The average Bonchev–Trinajstić information content (AvgIpc) is 3.92. The van der Waals surface area contributed by atoms with E-state index < -0.39 is 0 Å². The molecule has 0 bridgehead atoms. The molecule has 11 rings (SSSR count). The zero-order valence-corrected chi connectivity index (χ0v) is 32.7. The van der Waals surface area contributed by atoms with Gasteiger partial charge in [-0.05, 0) is 93.0 Å². The molecule has 2 heterocycles. The van der Waals surface area contributed by atoms with Crippen molar-refractivity contribution < 1.29 is 0 Å². The van der Waals surface area contributed by atoms with Crippen LogP contribution >= 0.6 is 0 Å². The maximum atomic E-state index is 5.42. The third kappa shape index (κ3) is 6.02. The van der Waals surface area contributed by atoms with Crippen LogP contribution in [0.3, 0.4) is 0 Å². The molecule has 282 valence electrons. The minimum Gasteiger partial charge on any atom is -0.292 e. The van der Waals surface area contributed by atoms with Crippen molar-refractivity contribution in [1.82, 2.24) is 19.1 Å². The highest BCUT2D eigenvalue weighted by Gasteiger charge is 2.27. The number of nitrogens with zero attached hydrogens (tertiary/aromatic N) is 4. The van der Waals surface area contributed by atoms with Gasteiger partial charge in [0.1, 0.15) is 11.6 Å². The van der Waals surface area contributed by atoms with E-state index in [1.807, 2.05) is 0 Å². The van der Waals surface area contributed by atoms with Crippen molar-refractivity contribution in [2.75, 3.05) is 0 Å². The summed E-state index contributed by atoms with van der Waals surface area (Å²) >= 11 is 0. The molecule has 0 unspecified atom stereocenters. The van der Waals surface area contributed by atoms with Crippen molar-refractivity contribution in [3.63, 3.8) is 0 Å². The van der Waals surface area contributed by atoms with E-state index >= 15 is 0 Å².